The Kier molecular flexibility index (Phi) is 5.54. The predicted octanol–water partition coefficient (Wildman–Crippen LogP) is 3.44. The lowest BCUT2D eigenvalue weighted by molar-refractivity contribution is -0.115. The molecule has 1 aliphatic rings. The molecule has 0 bridgehead atoms. The van der Waals surface area contributed by atoms with Crippen LogP contribution in [0.15, 0.2) is 30.3 Å². The Morgan fingerprint density at radius 3 is 2.62 bits per heavy atom. The second kappa shape index (κ2) is 7.85. The molecular weight excluding hydrogens is 379 g/mol. The Balaban J connectivity index is 1.61. The second-order valence-electron chi connectivity index (χ2n) is 5.70. The molecule has 2 amide bonds. The highest BCUT2D eigenvalue weighted by atomic mass is 35.5. The zero-order valence-electron chi connectivity index (χ0n) is 13.9. The molecule has 8 heteroatoms. The largest absolute Gasteiger partial charge is 0.486 e. The summed E-state index contributed by atoms with van der Waals surface area (Å²) in [5.41, 5.74) is 1.75. The fraction of sp³-hybridized carbons (Fsp3) is 0.222. The summed E-state index contributed by atoms with van der Waals surface area (Å²) in [5.74, 6) is -0.0206. The van der Waals surface area contributed by atoms with Gasteiger partial charge in [-0.3, -0.25) is 9.59 Å². The average Bonchev–Trinajstić information content (AvgIpc) is 2.62. The number of nitrogens with one attached hydrogen (secondary N) is 2. The number of halogens is 2. The van der Waals surface area contributed by atoms with Gasteiger partial charge in [0.2, 0.25) is 5.91 Å². The minimum atomic E-state index is -0.450. The van der Waals surface area contributed by atoms with E-state index >= 15 is 0 Å². The molecule has 0 saturated heterocycles. The van der Waals surface area contributed by atoms with Crippen molar-refractivity contribution in [2.45, 2.75) is 6.92 Å². The van der Waals surface area contributed by atoms with E-state index in [-0.39, 0.29) is 17.1 Å². The topological polar surface area (TPSA) is 76.7 Å². The van der Waals surface area contributed by atoms with Gasteiger partial charge in [0.05, 0.1) is 22.3 Å². The summed E-state index contributed by atoms with van der Waals surface area (Å²) < 4.78 is 10.8. The molecule has 0 atom stereocenters. The van der Waals surface area contributed by atoms with E-state index in [1.807, 2.05) is 13.0 Å². The summed E-state index contributed by atoms with van der Waals surface area (Å²) in [5, 5.41) is 5.90. The summed E-state index contributed by atoms with van der Waals surface area (Å²) in [7, 11) is 0. The molecule has 3 rings (SSSR count). The van der Waals surface area contributed by atoms with Crippen molar-refractivity contribution in [2.75, 3.05) is 25.1 Å². The number of ether oxygens (including phenoxy) is 2. The van der Waals surface area contributed by atoms with Gasteiger partial charge in [0.15, 0.2) is 11.5 Å². The quantitative estimate of drug-likeness (QED) is 0.832. The highest BCUT2D eigenvalue weighted by Crippen LogP contribution is 2.38. The van der Waals surface area contributed by atoms with Crippen LogP contribution in [-0.4, -0.2) is 31.6 Å². The molecule has 136 valence electrons. The Morgan fingerprint density at radius 2 is 1.85 bits per heavy atom. The molecule has 0 unspecified atom stereocenters. The Hall–Kier alpha value is -2.44. The molecule has 2 aromatic rings. The van der Waals surface area contributed by atoms with Crippen molar-refractivity contribution in [3.8, 4) is 11.5 Å². The Labute approximate surface area is 160 Å². The maximum Gasteiger partial charge on any atom is 0.251 e. The van der Waals surface area contributed by atoms with Gasteiger partial charge in [0.25, 0.3) is 5.91 Å². The van der Waals surface area contributed by atoms with Crippen LogP contribution in [0.2, 0.25) is 10.0 Å². The minimum absolute atomic E-state index is 0.213. The molecule has 2 N–H and O–H groups in total. The van der Waals surface area contributed by atoms with Crippen molar-refractivity contribution in [3.05, 3.63) is 51.5 Å². The van der Waals surface area contributed by atoms with Crippen molar-refractivity contribution in [2.24, 2.45) is 0 Å². The number of hydrogen-bond acceptors (Lipinski definition) is 4. The third kappa shape index (κ3) is 4.20. The maximum absolute atomic E-state index is 12.3. The van der Waals surface area contributed by atoms with Gasteiger partial charge in [-0.15, -0.1) is 0 Å². The van der Waals surface area contributed by atoms with Crippen molar-refractivity contribution >= 4 is 40.7 Å². The van der Waals surface area contributed by atoms with E-state index in [0.717, 1.165) is 5.56 Å². The third-order valence-electron chi connectivity index (χ3n) is 3.67. The summed E-state index contributed by atoms with van der Waals surface area (Å²) in [6.07, 6.45) is 0. The zero-order chi connectivity index (χ0) is 18.7. The van der Waals surface area contributed by atoms with Crippen LogP contribution in [0, 0.1) is 6.92 Å². The molecule has 0 aromatic heterocycles. The number of benzene rings is 2. The van der Waals surface area contributed by atoms with Gasteiger partial charge in [0, 0.05) is 5.56 Å². The molecule has 0 spiro atoms. The summed E-state index contributed by atoms with van der Waals surface area (Å²) >= 11 is 12.2. The number of amides is 2. The number of rotatable bonds is 4. The molecule has 26 heavy (non-hydrogen) atoms. The highest BCUT2D eigenvalue weighted by molar-refractivity contribution is 6.34. The molecule has 0 aliphatic carbocycles. The maximum atomic E-state index is 12.3. The lowest BCUT2D eigenvalue weighted by Crippen LogP contribution is -2.33. The fourth-order valence-corrected chi connectivity index (χ4v) is 2.97. The Morgan fingerprint density at radius 1 is 1.08 bits per heavy atom. The van der Waals surface area contributed by atoms with Crippen LogP contribution < -0.4 is 20.1 Å². The molecule has 6 nitrogen and oxygen atoms in total. The normalized spacial score (nSPS) is 12.4. The first-order chi connectivity index (χ1) is 12.4. The van der Waals surface area contributed by atoms with Crippen LogP contribution in [0.5, 0.6) is 11.5 Å². The van der Waals surface area contributed by atoms with Crippen LogP contribution in [-0.2, 0) is 4.79 Å². The molecular formula is C18H16Cl2N2O4. The van der Waals surface area contributed by atoms with E-state index in [1.54, 1.807) is 12.1 Å². The lowest BCUT2D eigenvalue weighted by atomic mass is 10.1. The fourth-order valence-electron chi connectivity index (χ4n) is 2.42. The number of carbonyl (C=O) groups excluding carboxylic acids is 2. The van der Waals surface area contributed by atoms with Crippen molar-refractivity contribution in [3.63, 3.8) is 0 Å². The molecule has 2 aromatic carbocycles. The Bertz CT molecular complexity index is 871. The number of carbonyl (C=O) groups is 2. The smallest absolute Gasteiger partial charge is 0.251 e. The number of fused-ring (bicyclic) bond motifs is 1. The molecule has 1 heterocycles. The summed E-state index contributed by atoms with van der Waals surface area (Å²) in [4.78, 5) is 24.3. The van der Waals surface area contributed by atoms with Crippen molar-refractivity contribution in [1.29, 1.82) is 0 Å². The second-order valence-corrected chi connectivity index (χ2v) is 6.51. The molecule has 0 saturated carbocycles. The monoisotopic (exact) mass is 394 g/mol. The van der Waals surface area contributed by atoms with E-state index in [2.05, 4.69) is 10.6 Å². The van der Waals surface area contributed by atoms with Gasteiger partial charge in [-0.25, -0.2) is 0 Å². The van der Waals surface area contributed by atoms with Gasteiger partial charge in [-0.2, -0.15) is 0 Å². The predicted molar refractivity (Wildman–Crippen MR) is 99.6 cm³/mol. The van der Waals surface area contributed by atoms with Gasteiger partial charge in [-0.05, 0) is 36.8 Å². The highest BCUT2D eigenvalue weighted by Gasteiger charge is 2.19. The summed E-state index contributed by atoms with van der Waals surface area (Å²) in [6.45, 7) is 2.47. The standard InChI is InChI=1S/C18H16Cl2N2O4/c1-10-2-3-14(12(19)6-10)22-16(23)9-21-18(24)11-7-13(20)17-15(8-11)25-4-5-26-17/h2-3,6-8H,4-5,9H2,1H3,(H,21,24)(H,22,23). The van der Waals surface area contributed by atoms with Gasteiger partial charge in [0.1, 0.15) is 13.2 Å². The van der Waals surface area contributed by atoms with Crippen LogP contribution >= 0.6 is 23.2 Å². The molecule has 0 fully saturated rings. The van der Waals surface area contributed by atoms with Crippen LogP contribution in [0.4, 0.5) is 5.69 Å². The van der Waals surface area contributed by atoms with Crippen LogP contribution in [0.3, 0.4) is 0 Å². The molecule has 0 radical (unpaired) electrons. The first-order valence-corrected chi connectivity index (χ1v) is 8.63. The number of aryl methyl sites for hydroxylation is 1. The first-order valence-electron chi connectivity index (χ1n) is 7.87. The van der Waals surface area contributed by atoms with Crippen molar-refractivity contribution < 1.29 is 19.1 Å². The zero-order valence-corrected chi connectivity index (χ0v) is 15.4. The summed E-state index contributed by atoms with van der Waals surface area (Å²) in [6, 6.07) is 8.28. The van der Waals surface area contributed by atoms with Crippen LogP contribution in [0.25, 0.3) is 0 Å². The van der Waals surface area contributed by atoms with Crippen molar-refractivity contribution in [1.82, 2.24) is 5.32 Å². The minimum Gasteiger partial charge on any atom is -0.486 e. The first kappa shape index (κ1) is 18.4. The van der Waals surface area contributed by atoms with Gasteiger partial charge >= 0.3 is 0 Å². The van der Waals surface area contributed by atoms with Gasteiger partial charge in [-0.1, -0.05) is 29.3 Å². The third-order valence-corrected chi connectivity index (χ3v) is 4.26. The lowest BCUT2D eigenvalue weighted by Gasteiger charge is -2.20. The van der Waals surface area contributed by atoms with E-state index in [1.165, 1.54) is 12.1 Å². The SMILES string of the molecule is Cc1ccc(NC(=O)CNC(=O)c2cc(Cl)c3c(c2)OCCO3)c(Cl)c1. The van der Waals surface area contributed by atoms with E-state index in [0.29, 0.717) is 35.4 Å². The van der Waals surface area contributed by atoms with E-state index in [9.17, 15) is 9.59 Å². The number of anilines is 1. The van der Waals surface area contributed by atoms with E-state index in [4.69, 9.17) is 32.7 Å². The number of hydrogen-bond donors (Lipinski definition) is 2. The molecule has 1 aliphatic heterocycles. The van der Waals surface area contributed by atoms with Gasteiger partial charge < -0.3 is 20.1 Å². The average molecular weight is 395 g/mol. The van der Waals surface area contributed by atoms with E-state index < -0.39 is 11.8 Å². The van der Waals surface area contributed by atoms with Crippen LogP contribution in [0.1, 0.15) is 15.9 Å².